The van der Waals surface area contributed by atoms with Crippen molar-refractivity contribution in [3.63, 3.8) is 0 Å². The van der Waals surface area contributed by atoms with E-state index in [-0.39, 0.29) is 6.04 Å². The second kappa shape index (κ2) is 11.3. The van der Waals surface area contributed by atoms with Gasteiger partial charge in [-0.2, -0.15) is 0 Å². The van der Waals surface area contributed by atoms with E-state index in [1.807, 2.05) is 18.3 Å². The number of allylic oxidation sites excluding steroid dienone is 1. The van der Waals surface area contributed by atoms with Crippen molar-refractivity contribution in [1.29, 1.82) is 0 Å². The van der Waals surface area contributed by atoms with Crippen LogP contribution in [-0.4, -0.2) is 8.91 Å². The van der Waals surface area contributed by atoms with E-state index in [1.165, 1.54) is 45.5 Å². The van der Waals surface area contributed by atoms with Gasteiger partial charge in [-0.25, -0.2) is 0 Å². The van der Waals surface area contributed by atoms with Crippen LogP contribution >= 0.6 is 22.6 Å². The van der Waals surface area contributed by atoms with Crippen molar-refractivity contribution in [2.75, 3.05) is 0 Å². The molecule has 2 atom stereocenters. The average molecular weight is 583 g/mol. The average Bonchev–Trinajstić information content (AvgIpc) is 3.28. The molecule has 2 nitrogen and oxygen atoms in total. The second-order valence-electron chi connectivity index (χ2n) is 9.41. The van der Waals surface area contributed by atoms with Gasteiger partial charge in [0, 0.05) is 26.9 Å². The molecule has 4 aromatic rings. The predicted molar refractivity (Wildman–Crippen MR) is 162 cm³/mol. The van der Waals surface area contributed by atoms with Gasteiger partial charge in [-0.05, 0) is 65.8 Å². The molecule has 36 heavy (non-hydrogen) atoms. The summed E-state index contributed by atoms with van der Waals surface area (Å²) < 4.78 is 0.663. The normalized spacial score (nSPS) is 17.0. The summed E-state index contributed by atoms with van der Waals surface area (Å²) in [5.74, 6) is 0. The fraction of sp³-hybridized carbons (Fsp3) is 0.182. The monoisotopic (exact) mass is 582 g/mol. The molecule has 0 fully saturated rings. The molecule has 0 amide bonds. The van der Waals surface area contributed by atoms with Crippen molar-refractivity contribution in [3.8, 4) is 22.4 Å². The first-order valence-corrected chi connectivity index (χ1v) is 13.8. The van der Waals surface area contributed by atoms with Gasteiger partial charge in [0.05, 0.1) is 11.7 Å². The van der Waals surface area contributed by atoms with Crippen LogP contribution in [0.5, 0.6) is 0 Å². The molecule has 180 valence electrons. The van der Waals surface area contributed by atoms with Crippen LogP contribution in [0.1, 0.15) is 49.4 Å². The highest BCUT2D eigenvalue weighted by Gasteiger charge is 2.27. The maximum atomic E-state index is 4.59. The zero-order valence-electron chi connectivity index (χ0n) is 20.8. The number of alkyl halides is 1. The van der Waals surface area contributed by atoms with E-state index < -0.39 is 0 Å². The molecule has 0 bridgehead atoms. The first-order valence-electron chi connectivity index (χ1n) is 12.6. The van der Waals surface area contributed by atoms with Crippen molar-refractivity contribution >= 4 is 34.4 Å². The lowest BCUT2D eigenvalue weighted by Gasteiger charge is -2.15. The number of benzene rings is 3. The fourth-order valence-electron chi connectivity index (χ4n) is 4.85. The Hall–Kier alpha value is -3.18. The van der Waals surface area contributed by atoms with Crippen molar-refractivity contribution in [3.05, 3.63) is 126 Å². The van der Waals surface area contributed by atoms with Crippen LogP contribution < -0.4 is 5.32 Å². The third kappa shape index (κ3) is 5.46. The molecule has 1 aliphatic heterocycles. The van der Waals surface area contributed by atoms with Gasteiger partial charge in [-0.15, -0.1) is 0 Å². The number of pyridine rings is 1. The molecule has 2 unspecified atom stereocenters. The van der Waals surface area contributed by atoms with E-state index in [0.29, 0.717) is 3.92 Å². The largest absolute Gasteiger partial charge is 0.374 e. The number of nitrogens with one attached hydrogen (secondary N) is 1. The number of halogens is 1. The Morgan fingerprint density at radius 2 is 1.69 bits per heavy atom. The highest BCUT2D eigenvalue weighted by molar-refractivity contribution is 14.1. The van der Waals surface area contributed by atoms with Gasteiger partial charge >= 0.3 is 0 Å². The summed E-state index contributed by atoms with van der Waals surface area (Å²) in [6, 6.07) is 32.3. The van der Waals surface area contributed by atoms with Gasteiger partial charge < -0.3 is 5.32 Å². The summed E-state index contributed by atoms with van der Waals surface area (Å²) in [5, 5.41) is 3.86. The van der Waals surface area contributed by atoms with Gasteiger partial charge in [0.15, 0.2) is 0 Å². The number of aromatic nitrogens is 1. The van der Waals surface area contributed by atoms with Crippen LogP contribution in [0.25, 0.3) is 34.2 Å². The molecule has 1 aliphatic rings. The maximum absolute atomic E-state index is 4.59. The first-order chi connectivity index (χ1) is 17.6. The Kier molecular flexibility index (Phi) is 7.66. The molecule has 3 aromatic carbocycles. The minimum Gasteiger partial charge on any atom is -0.374 e. The standard InChI is InChI=1S/C33H31IN2/c1-23(21-27-14-6-7-15-28(27)31-16-8-9-20-35-31)33-29-19-18-26(25-12-4-3-5-13-25)22-30(29)32(36-33)17-10-11-24(2)34/h3-9,12-22,24,33,36H,10-11H2,1-2H3/b23-21+,32-17-. The van der Waals surface area contributed by atoms with Crippen molar-refractivity contribution in [2.45, 2.75) is 36.7 Å². The van der Waals surface area contributed by atoms with Gasteiger partial charge in [0.25, 0.3) is 0 Å². The minimum atomic E-state index is 0.143. The predicted octanol–water partition coefficient (Wildman–Crippen LogP) is 9.11. The molecule has 1 aromatic heterocycles. The molecule has 2 heterocycles. The van der Waals surface area contributed by atoms with Crippen LogP contribution in [0, 0.1) is 0 Å². The van der Waals surface area contributed by atoms with E-state index in [4.69, 9.17) is 0 Å². The van der Waals surface area contributed by atoms with E-state index >= 15 is 0 Å². The molecule has 3 heteroatoms. The minimum absolute atomic E-state index is 0.143. The Balaban J connectivity index is 1.53. The number of nitrogens with zero attached hydrogens (tertiary/aromatic N) is 1. The summed E-state index contributed by atoms with van der Waals surface area (Å²) in [4.78, 5) is 4.59. The third-order valence-electron chi connectivity index (χ3n) is 6.71. The summed E-state index contributed by atoms with van der Waals surface area (Å²) in [6.45, 7) is 4.51. The number of hydrogen-bond acceptors (Lipinski definition) is 2. The molecule has 0 spiro atoms. The van der Waals surface area contributed by atoms with Crippen molar-refractivity contribution in [2.24, 2.45) is 0 Å². The highest BCUT2D eigenvalue weighted by atomic mass is 127. The molecule has 0 aliphatic carbocycles. The molecular weight excluding hydrogens is 551 g/mol. The van der Waals surface area contributed by atoms with E-state index in [1.54, 1.807) is 0 Å². The first kappa shape index (κ1) is 24.5. The zero-order chi connectivity index (χ0) is 24.9. The molecule has 0 radical (unpaired) electrons. The molecule has 1 N–H and O–H groups in total. The van der Waals surface area contributed by atoms with Crippen molar-refractivity contribution < 1.29 is 0 Å². The van der Waals surface area contributed by atoms with E-state index in [0.717, 1.165) is 17.7 Å². The van der Waals surface area contributed by atoms with Gasteiger partial charge in [0.1, 0.15) is 0 Å². The van der Waals surface area contributed by atoms with Crippen LogP contribution in [0.4, 0.5) is 0 Å². The molecule has 5 rings (SSSR count). The molecule has 0 saturated carbocycles. The smallest absolute Gasteiger partial charge is 0.0734 e. The van der Waals surface area contributed by atoms with E-state index in [2.05, 4.69) is 138 Å². The highest BCUT2D eigenvalue weighted by Crippen LogP contribution is 2.40. The van der Waals surface area contributed by atoms with Crippen molar-refractivity contribution in [1.82, 2.24) is 10.3 Å². The van der Waals surface area contributed by atoms with Crippen LogP contribution in [-0.2, 0) is 0 Å². The summed E-state index contributed by atoms with van der Waals surface area (Å²) in [7, 11) is 0. The topological polar surface area (TPSA) is 24.9 Å². The summed E-state index contributed by atoms with van der Waals surface area (Å²) >= 11 is 2.51. The maximum Gasteiger partial charge on any atom is 0.0734 e. The Labute approximate surface area is 228 Å². The lowest BCUT2D eigenvalue weighted by atomic mass is 9.93. The van der Waals surface area contributed by atoms with Gasteiger partial charge in [-0.1, -0.05) is 114 Å². The summed E-state index contributed by atoms with van der Waals surface area (Å²) in [5.41, 5.74) is 11.0. The quantitative estimate of drug-likeness (QED) is 0.174. The van der Waals surface area contributed by atoms with E-state index in [9.17, 15) is 0 Å². The molecule has 0 saturated heterocycles. The number of fused-ring (bicyclic) bond motifs is 1. The van der Waals surface area contributed by atoms with Crippen LogP contribution in [0.2, 0.25) is 0 Å². The summed E-state index contributed by atoms with van der Waals surface area (Å²) in [6.07, 6.45) is 8.80. The molecular formula is C33H31IN2. The Morgan fingerprint density at radius 1 is 0.917 bits per heavy atom. The third-order valence-corrected chi connectivity index (χ3v) is 7.34. The zero-order valence-corrected chi connectivity index (χ0v) is 22.9. The fourth-order valence-corrected chi connectivity index (χ4v) is 5.21. The van der Waals surface area contributed by atoms with Crippen LogP contribution in [0.15, 0.2) is 109 Å². The number of hydrogen-bond donors (Lipinski definition) is 1. The van der Waals surface area contributed by atoms with Gasteiger partial charge in [-0.3, -0.25) is 4.98 Å². The Morgan fingerprint density at radius 3 is 2.47 bits per heavy atom. The van der Waals surface area contributed by atoms with Crippen LogP contribution in [0.3, 0.4) is 0 Å². The Bertz CT molecular complexity index is 1390. The SMILES string of the molecule is C/C(=C\c1ccccc1-c1ccccn1)C1N/C(=C\CCC(C)I)c2cc(-c3ccccc3)ccc21. The number of rotatable bonds is 7. The lowest BCUT2D eigenvalue weighted by molar-refractivity contribution is 0.764. The van der Waals surface area contributed by atoms with Gasteiger partial charge in [0.2, 0.25) is 0 Å². The second-order valence-corrected chi connectivity index (χ2v) is 11.5. The lowest BCUT2D eigenvalue weighted by Crippen LogP contribution is -2.12.